The van der Waals surface area contributed by atoms with Gasteiger partial charge in [0.2, 0.25) is 0 Å². The molecule has 1 heteroatoms. The highest BCUT2D eigenvalue weighted by Crippen LogP contribution is 2.44. The van der Waals surface area contributed by atoms with Gasteiger partial charge in [0, 0.05) is 11.6 Å². The Labute approximate surface area is 82.3 Å². The summed E-state index contributed by atoms with van der Waals surface area (Å²) in [6.45, 7) is 4.67. The summed E-state index contributed by atoms with van der Waals surface area (Å²) in [4.78, 5) is 0. The number of nitrogens with one attached hydrogen (secondary N) is 1. The van der Waals surface area contributed by atoms with Gasteiger partial charge in [-0.25, -0.2) is 0 Å². The van der Waals surface area contributed by atoms with Crippen LogP contribution in [0.1, 0.15) is 58.8 Å². The molecule has 1 heterocycles. The van der Waals surface area contributed by atoms with Gasteiger partial charge in [-0.3, -0.25) is 0 Å². The first-order chi connectivity index (χ1) is 6.30. The van der Waals surface area contributed by atoms with E-state index in [9.17, 15) is 0 Å². The Bertz CT molecular complexity index is 178. The molecule has 0 aromatic heterocycles. The zero-order chi connectivity index (χ0) is 9.31. The number of hydrogen-bond acceptors (Lipinski definition) is 1. The van der Waals surface area contributed by atoms with Crippen LogP contribution in [-0.2, 0) is 0 Å². The largest absolute Gasteiger partial charge is 0.308 e. The average Bonchev–Trinajstić information content (AvgIpc) is 2.74. The molecule has 1 spiro atoms. The Balaban J connectivity index is 2.04. The SMILES string of the molecule is CCC1CCC2(CCC[C@H]2CC)N1. The van der Waals surface area contributed by atoms with E-state index in [1.807, 2.05) is 0 Å². The maximum Gasteiger partial charge on any atom is 0.0212 e. The average molecular weight is 181 g/mol. The molecule has 0 amide bonds. The van der Waals surface area contributed by atoms with Crippen molar-refractivity contribution >= 4 is 0 Å². The Hall–Kier alpha value is -0.0400. The molecule has 13 heavy (non-hydrogen) atoms. The third-order valence-corrected chi connectivity index (χ3v) is 4.37. The normalized spacial score (nSPS) is 44.8. The van der Waals surface area contributed by atoms with E-state index in [1.54, 1.807) is 0 Å². The van der Waals surface area contributed by atoms with Crippen molar-refractivity contribution in [2.75, 3.05) is 0 Å². The molecule has 2 rings (SSSR count). The Kier molecular flexibility index (Phi) is 2.64. The summed E-state index contributed by atoms with van der Waals surface area (Å²) in [6.07, 6.45) is 9.95. The zero-order valence-electron chi connectivity index (χ0n) is 9.10. The van der Waals surface area contributed by atoms with Gasteiger partial charge in [-0.2, -0.15) is 0 Å². The molecule has 1 saturated carbocycles. The quantitative estimate of drug-likeness (QED) is 0.690. The number of hydrogen-bond donors (Lipinski definition) is 1. The van der Waals surface area contributed by atoms with Crippen molar-refractivity contribution in [3.8, 4) is 0 Å². The summed E-state index contributed by atoms with van der Waals surface area (Å²) in [7, 11) is 0. The molecule has 76 valence electrons. The van der Waals surface area contributed by atoms with Gasteiger partial charge in [-0.05, 0) is 38.0 Å². The minimum atomic E-state index is 0.579. The van der Waals surface area contributed by atoms with Gasteiger partial charge < -0.3 is 5.32 Å². The maximum atomic E-state index is 3.92. The van der Waals surface area contributed by atoms with Crippen molar-refractivity contribution in [3.63, 3.8) is 0 Å². The van der Waals surface area contributed by atoms with E-state index >= 15 is 0 Å². The van der Waals surface area contributed by atoms with Crippen LogP contribution in [0.2, 0.25) is 0 Å². The van der Waals surface area contributed by atoms with Crippen molar-refractivity contribution in [1.29, 1.82) is 0 Å². The highest BCUT2D eigenvalue weighted by Gasteiger charge is 2.45. The molecule has 0 aromatic rings. The lowest BCUT2D eigenvalue weighted by Crippen LogP contribution is -2.45. The molecule has 1 N–H and O–H groups in total. The molecule has 2 fully saturated rings. The van der Waals surface area contributed by atoms with E-state index < -0.39 is 0 Å². The third-order valence-electron chi connectivity index (χ3n) is 4.37. The van der Waals surface area contributed by atoms with Crippen molar-refractivity contribution in [3.05, 3.63) is 0 Å². The fraction of sp³-hybridized carbons (Fsp3) is 1.00. The van der Waals surface area contributed by atoms with Gasteiger partial charge in [-0.1, -0.05) is 26.7 Å². The van der Waals surface area contributed by atoms with Crippen LogP contribution in [0.25, 0.3) is 0 Å². The summed E-state index contributed by atoms with van der Waals surface area (Å²) in [5.41, 5.74) is 0.579. The highest BCUT2D eigenvalue weighted by molar-refractivity contribution is 5.04. The third kappa shape index (κ3) is 1.52. The monoisotopic (exact) mass is 181 g/mol. The zero-order valence-corrected chi connectivity index (χ0v) is 9.10. The van der Waals surface area contributed by atoms with E-state index in [-0.39, 0.29) is 0 Å². The van der Waals surface area contributed by atoms with Gasteiger partial charge >= 0.3 is 0 Å². The van der Waals surface area contributed by atoms with Crippen LogP contribution in [0.5, 0.6) is 0 Å². The van der Waals surface area contributed by atoms with Gasteiger partial charge in [0.05, 0.1) is 0 Å². The molecule has 0 bridgehead atoms. The molecular formula is C12H23N. The van der Waals surface area contributed by atoms with Crippen LogP contribution in [-0.4, -0.2) is 11.6 Å². The van der Waals surface area contributed by atoms with Gasteiger partial charge in [0.25, 0.3) is 0 Å². The van der Waals surface area contributed by atoms with Gasteiger partial charge in [0.1, 0.15) is 0 Å². The molecule has 3 atom stereocenters. The predicted octanol–water partition coefficient (Wildman–Crippen LogP) is 3.10. The fourth-order valence-electron chi connectivity index (χ4n) is 3.55. The summed E-state index contributed by atoms with van der Waals surface area (Å²) in [5.74, 6) is 0.976. The van der Waals surface area contributed by atoms with Crippen molar-refractivity contribution in [2.24, 2.45) is 5.92 Å². The molecule has 0 radical (unpaired) electrons. The van der Waals surface area contributed by atoms with Gasteiger partial charge in [-0.15, -0.1) is 0 Å². The van der Waals surface area contributed by atoms with Crippen molar-refractivity contribution < 1.29 is 0 Å². The van der Waals surface area contributed by atoms with Crippen LogP contribution in [0.3, 0.4) is 0 Å². The smallest absolute Gasteiger partial charge is 0.0212 e. The first-order valence-electron chi connectivity index (χ1n) is 6.08. The van der Waals surface area contributed by atoms with Crippen molar-refractivity contribution in [2.45, 2.75) is 70.4 Å². The lowest BCUT2D eigenvalue weighted by molar-refractivity contribution is 0.261. The Morgan fingerprint density at radius 3 is 2.62 bits per heavy atom. The lowest BCUT2D eigenvalue weighted by Gasteiger charge is -2.32. The molecule has 1 saturated heterocycles. The summed E-state index contributed by atoms with van der Waals surface area (Å²) < 4.78 is 0. The maximum absolute atomic E-state index is 3.92. The van der Waals surface area contributed by atoms with Crippen LogP contribution in [0.4, 0.5) is 0 Å². The minimum Gasteiger partial charge on any atom is -0.308 e. The molecular weight excluding hydrogens is 158 g/mol. The molecule has 0 aromatic carbocycles. The predicted molar refractivity (Wildman–Crippen MR) is 56.8 cm³/mol. The topological polar surface area (TPSA) is 12.0 Å². The summed E-state index contributed by atoms with van der Waals surface area (Å²) in [5, 5.41) is 3.92. The summed E-state index contributed by atoms with van der Waals surface area (Å²) in [6, 6.07) is 0.826. The standard InChI is InChI=1S/C12H23N/c1-3-10-6-5-8-12(10)9-7-11(4-2)13-12/h10-11,13H,3-9H2,1-2H3/t10-,11?,12?/m1/s1. The van der Waals surface area contributed by atoms with Crippen LogP contribution in [0, 0.1) is 5.92 Å². The van der Waals surface area contributed by atoms with E-state index in [1.165, 1.54) is 44.9 Å². The molecule has 2 unspecified atom stereocenters. The lowest BCUT2D eigenvalue weighted by atomic mass is 9.84. The fourth-order valence-corrected chi connectivity index (χ4v) is 3.55. The van der Waals surface area contributed by atoms with E-state index in [4.69, 9.17) is 0 Å². The Morgan fingerprint density at radius 2 is 2.00 bits per heavy atom. The van der Waals surface area contributed by atoms with Gasteiger partial charge in [0.15, 0.2) is 0 Å². The van der Waals surface area contributed by atoms with E-state index in [0.29, 0.717) is 5.54 Å². The second-order valence-corrected chi connectivity index (χ2v) is 4.94. The van der Waals surface area contributed by atoms with Crippen LogP contribution < -0.4 is 5.32 Å². The second kappa shape index (κ2) is 3.61. The van der Waals surface area contributed by atoms with Crippen LogP contribution >= 0.6 is 0 Å². The first kappa shape index (κ1) is 9.51. The van der Waals surface area contributed by atoms with E-state index in [0.717, 1.165) is 12.0 Å². The molecule has 1 aliphatic heterocycles. The Morgan fingerprint density at radius 1 is 1.15 bits per heavy atom. The van der Waals surface area contributed by atoms with Crippen LogP contribution in [0.15, 0.2) is 0 Å². The molecule has 2 aliphatic rings. The molecule has 1 nitrogen and oxygen atoms in total. The number of rotatable bonds is 2. The minimum absolute atomic E-state index is 0.579. The van der Waals surface area contributed by atoms with Crippen molar-refractivity contribution in [1.82, 2.24) is 5.32 Å². The van der Waals surface area contributed by atoms with E-state index in [2.05, 4.69) is 19.2 Å². The summed E-state index contributed by atoms with van der Waals surface area (Å²) >= 11 is 0. The second-order valence-electron chi connectivity index (χ2n) is 4.94. The highest BCUT2D eigenvalue weighted by atomic mass is 15.1. The molecule has 1 aliphatic carbocycles. The first-order valence-corrected chi connectivity index (χ1v) is 6.08.